The van der Waals surface area contributed by atoms with Crippen LogP contribution in [0.2, 0.25) is 0 Å². The van der Waals surface area contributed by atoms with Gasteiger partial charge in [-0.1, -0.05) is 12.1 Å². The highest BCUT2D eigenvalue weighted by Gasteiger charge is 2.29. The van der Waals surface area contributed by atoms with Crippen molar-refractivity contribution in [3.63, 3.8) is 0 Å². The van der Waals surface area contributed by atoms with Crippen molar-refractivity contribution in [2.75, 3.05) is 13.6 Å². The van der Waals surface area contributed by atoms with Crippen LogP contribution in [0.1, 0.15) is 27.0 Å². The maximum Gasteiger partial charge on any atom is 0.231 e. The Morgan fingerprint density at radius 1 is 0.727 bits per heavy atom. The van der Waals surface area contributed by atoms with E-state index >= 15 is 0 Å². The predicted molar refractivity (Wildman–Crippen MR) is 78.0 cm³/mol. The quantitative estimate of drug-likeness (QED) is 0.798. The molecule has 2 aliphatic rings. The van der Waals surface area contributed by atoms with Crippen LogP contribution in [0.15, 0.2) is 24.3 Å². The summed E-state index contributed by atoms with van der Waals surface area (Å²) in [6, 6.07) is 7.22. The Hall–Kier alpha value is -2.69. The van der Waals surface area contributed by atoms with Crippen LogP contribution in [0, 0.1) is 13.8 Å². The highest BCUT2D eigenvalue weighted by molar-refractivity contribution is 6.13. The van der Waals surface area contributed by atoms with Crippen molar-refractivity contribution < 1.29 is 23.7 Å². The number of hydrogen-bond donors (Lipinski definition) is 0. The highest BCUT2D eigenvalue weighted by atomic mass is 16.7. The van der Waals surface area contributed by atoms with Crippen LogP contribution < -0.4 is 18.9 Å². The summed E-state index contributed by atoms with van der Waals surface area (Å²) in [6.45, 7) is 4.10. The highest BCUT2D eigenvalue weighted by Crippen LogP contribution is 2.43. The van der Waals surface area contributed by atoms with Gasteiger partial charge in [-0.3, -0.25) is 4.79 Å². The fourth-order valence-electron chi connectivity index (χ4n) is 2.76. The zero-order valence-electron chi connectivity index (χ0n) is 12.3. The van der Waals surface area contributed by atoms with Crippen LogP contribution in [0.4, 0.5) is 0 Å². The third kappa shape index (κ3) is 1.75. The maximum atomic E-state index is 12.9. The molecule has 0 spiro atoms. The normalized spacial score (nSPS) is 14.3. The van der Waals surface area contributed by atoms with Gasteiger partial charge in [-0.05, 0) is 37.1 Å². The lowest BCUT2D eigenvalue weighted by atomic mass is 9.98. The Bertz CT molecular complexity index is 729. The van der Waals surface area contributed by atoms with E-state index in [-0.39, 0.29) is 19.4 Å². The standard InChI is InChI=1S/C17H14O5/c1-9-3-5-11(16-14(9)19-7-21-16)13(18)12-6-4-10(2)15-17(12)22-8-20-15/h3-6H,7-8H2,1-2H3. The summed E-state index contributed by atoms with van der Waals surface area (Å²) in [4.78, 5) is 12.9. The minimum Gasteiger partial charge on any atom is -0.453 e. The van der Waals surface area contributed by atoms with Crippen LogP contribution in [0.3, 0.4) is 0 Å². The molecule has 0 bridgehead atoms. The molecule has 0 aromatic heterocycles. The van der Waals surface area contributed by atoms with Crippen LogP contribution in [0.25, 0.3) is 0 Å². The third-order valence-electron chi connectivity index (χ3n) is 3.92. The smallest absolute Gasteiger partial charge is 0.231 e. The minimum atomic E-state index is -0.163. The number of carbonyl (C=O) groups is 1. The molecule has 5 heteroatoms. The molecule has 0 aliphatic carbocycles. The molecule has 0 amide bonds. The van der Waals surface area contributed by atoms with E-state index < -0.39 is 0 Å². The summed E-state index contributed by atoms with van der Waals surface area (Å²) < 4.78 is 21.8. The molecule has 2 heterocycles. The van der Waals surface area contributed by atoms with Gasteiger partial charge >= 0.3 is 0 Å². The number of aryl methyl sites for hydroxylation is 2. The average molecular weight is 298 g/mol. The Labute approximate surface area is 127 Å². The van der Waals surface area contributed by atoms with E-state index in [1.54, 1.807) is 12.1 Å². The zero-order chi connectivity index (χ0) is 15.3. The number of hydrogen-bond acceptors (Lipinski definition) is 5. The molecule has 0 radical (unpaired) electrons. The molecule has 2 aliphatic heterocycles. The summed E-state index contributed by atoms with van der Waals surface area (Å²) in [5.74, 6) is 2.10. The van der Waals surface area contributed by atoms with Crippen LogP contribution in [-0.4, -0.2) is 19.4 Å². The molecule has 0 saturated heterocycles. The topological polar surface area (TPSA) is 54.0 Å². The lowest BCUT2D eigenvalue weighted by Gasteiger charge is -2.09. The van der Waals surface area contributed by atoms with Crippen LogP contribution in [0.5, 0.6) is 23.0 Å². The molecule has 0 unspecified atom stereocenters. The maximum absolute atomic E-state index is 12.9. The number of rotatable bonds is 2. The first-order chi connectivity index (χ1) is 10.7. The van der Waals surface area contributed by atoms with E-state index in [0.29, 0.717) is 34.1 Å². The van der Waals surface area contributed by atoms with Crippen molar-refractivity contribution >= 4 is 5.78 Å². The van der Waals surface area contributed by atoms with Gasteiger partial charge in [-0.2, -0.15) is 0 Å². The number of benzene rings is 2. The number of carbonyl (C=O) groups excluding carboxylic acids is 1. The zero-order valence-corrected chi connectivity index (χ0v) is 12.3. The van der Waals surface area contributed by atoms with E-state index in [2.05, 4.69) is 0 Å². The fraction of sp³-hybridized carbons (Fsp3) is 0.235. The molecular weight excluding hydrogens is 284 g/mol. The van der Waals surface area contributed by atoms with E-state index in [0.717, 1.165) is 11.1 Å². The Morgan fingerprint density at radius 3 is 1.59 bits per heavy atom. The van der Waals surface area contributed by atoms with Gasteiger partial charge in [0.2, 0.25) is 19.4 Å². The number of fused-ring (bicyclic) bond motifs is 2. The molecule has 0 atom stereocenters. The Balaban J connectivity index is 1.85. The van der Waals surface area contributed by atoms with Crippen molar-refractivity contribution in [3.8, 4) is 23.0 Å². The summed E-state index contributed by atoms with van der Waals surface area (Å²) >= 11 is 0. The Kier molecular flexibility index (Phi) is 2.76. The summed E-state index contributed by atoms with van der Waals surface area (Å²) in [5, 5.41) is 0. The fourth-order valence-corrected chi connectivity index (χ4v) is 2.76. The van der Waals surface area contributed by atoms with E-state index in [9.17, 15) is 4.79 Å². The van der Waals surface area contributed by atoms with Crippen molar-refractivity contribution in [2.45, 2.75) is 13.8 Å². The summed E-state index contributed by atoms with van der Waals surface area (Å²) in [6.07, 6.45) is 0. The molecule has 5 nitrogen and oxygen atoms in total. The van der Waals surface area contributed by atoms with Gasteiger partial charge < -0.3 is 18.9 Å². The van der Waals surface area contributed by atoms with Crippen molar-refractivity contribution in [3.05, 3.63) is 46.5 Å². The van der Waals surface area contributed by atoms with Gasteiger partial charge in [0, 0.05) is 0 Å². The third-order valence-corrected chi connectivity index (χ3v) is 3.92. The van der Waals surface area contributed by atoms with E-state index in [4.69, 9.17) is 18.9 Å². The molecule has 112 valence electrons. The van der Waals surface area contributed by atoms with Gasteiger partial charge in [0.25, 0.3) is 0 Å². The molecule has 4 rings (SSSR count). The van der Waals surface area contributed by atoms with E-state index in [1.807, 2.05) is 26.0 Å². The largest absolute Gasteiger partial charge is 0.453 e. The second-order valence-electron chi connectivity index (χ2n) is 5.32. The average Bonchev–Trinajstić information content (AvgIpc) is 3.17. The first kappa shape index (κ1) is 13.0. The summed E-state index contributed by atoms with van der Waals surface area (Å²) in [5.41, 5.74) is 2.83. The van der Waals surface area contributed by atoms with Gasteiger partial charge in [0.1, 0.15) is 0 Å². The number of ether oxygens (including phenoxy) is 4. The first-order valence-corrected chi connectivity index (χ1v) is 7.00. The molecule has 0 saturated carbocycles. The lowest BCUT2D eigenvalue weighted by molar-refractivity contribution is 0.102. The second-order valence-corrected chi connectivity index (χ2v) is 5.32. The minimum absolute atomic E-state index is 0.131. The summed E-state index contributed by atoms with van der Waals surface area (Å²) in [7, 11) is 0. The van der Waals surface area contributed by atoms with Gasteiger partial charge in [-0.25, -0.2) is 0 Å². The monoisotopic (exact) mass is 298 g/mol. The van der Waals surface area contributed by atoms with Crippen molar-refractivity contribution in [2.24, 2.45) is 0 Å². The molecular formula is C17H14O5. The van der Waals surface area contributed by atoms with Gasteiger partial charge in [0.15, 0.2) is 23.0 Å². The number of ketones is 1. The Morgan fingerprint density at radius 2 is 1.14 bits per heavy atom. The molecule has 0 fully saturated rings. The first-order valence-electron chi connectivity index (χ1n) is 7.00. The molecule has 0 N–H and O–H groups in total. The molecule has 2 aromatic rings. The van der Waals surface area contributed by atoms with Crippen molar-refractivity contribution in [1.82, 2.24) is 0 Å². The SMILES string of the molecule is Cc1ccc(C(=O)c2ccc(C)c3c2OCO3)c2c1OCO2. The van der Waals surface area contributed by atoms with Crippen LogP contribution >= 0.6 is 0 Å². The van der Waals surface area contributed by atoms with Gasteiger partial charge in [-0.15, -0.1) is 0 Å². The molecule has 22 heavy (non-hydrogen) atoms. The molecule has 2 aromatic carbocycles. The second kappa shape index (κ2) is 4.66. The van der Waals surface area contributed by atoms with Crippen molar-refractivity contribution in [1.29, 1.82) is 0 Å². The van der Waals surface area contributed by atoms with Crippen LogP contribution in [-0.2, 0) is 0 Å². The van der Waals surface area contributed by atoms with Gasteiger partial charge in [0.05, 0.1) is 11.1 Å². The van der Waals surface area contributed by atoms with E-state index in [1.165, 1.54) is 0 Å². The predicted octanol–water partition coefficient (Wildman–Crippen LogP) is 2.99. The lowest BCUT2D eigenvalue weighted by Crippen LogP contribution is -2.05.